The van der Waals surface area contributed by atoms with Gasteiger partial charge < -0.3 is 4.74 Å². The quantitative estimate of drug-likeness (QED) is 0.765. The van der Waals surface area contributed by atoms with Crippen LogP contribution in [0.5, 0.6) is 5.75 Å². The molecule has 0 aliphatic heterocycles. The van der Waals surface area contributed by atoms with E-state index in [1.165, 1.54) is 6.42 Å². The fourth-order valence-electron chi connectivity index (χ4n) is 2.03. The molecule has 2 atom stereocenters. The van der Waals surface area contributed by atoms with Gasteiger partial charge in [0.1, 0.15) is 5.75 Å². The van der Waals surface area contributed by atoms with E-state index < -0.39 is 0 Å². The molecule has 0 radical (unpaired) electrons. The van der Waals surface area contributed by atoms with E-state index in [1.807, 2.05) is 18.2 Å². The molecule has 1 aromatic carbocycles. The summed E-state index contributed by atoms with van der Waals surface area (Å²) < 4.78 is 5.87. The minimum Gasteiger partial charge on any atom is -0.489 e. The fraction of sp³-hybridized carbons (Fsp3) is 0.500. The van der Waals surface area contributed by atoms with Crippen molar-refractivity contribution < 1.29 is 4.74 Å². The van der Waals surface area contributed by atoms with Gasteiger partial charge in [-0.25, -0.2) is 0 Å². The first-order chi connectivity index (χ1) is 7.15. The van der Waals surface area contributed by atoms with E-state index in [0.717, 1.165) is 29.4 Å². The molecule has 0 aromatic heterocycles. The molecule has 82 valence electrons. The van der Waals surface area contributed by atoms with Crippen molar-refractivity contribution in [3.05, 3.63) is 23.2 Å². The fourth-order valence-corrected chi connectivity index (χ4v) is 2.53. The number of benzene rings is 1. The molecule has 1 saturated carbocycles. The first-order valence-corrected chi connectivity index (χ1v) is 6.13. The summed E-state index contributed by atoms with van der Waals surface area (Å²) >= 11 is 10.3. The first kappa shape index (κ1) is 11.2. The Hall–Kier alpha value is -0.340. The van der Waals surface area contributed by atoms with Crippen molar-refractivity contribution in [3.8, 4) is 5.75 Å². The molecule has 0 saturated heterocycles. The molecular weight excluding hydrogens is 228 g/mol. The molecule has 2 unspecified atom stereocenters. The van der Waals surface area contributed by atoms with Gasteiger partial charge in [0.15, 0.2) is 0 Å². The van der Waals surface area contributed by atoms with Crippen LogP contribution in [0, 0.1) is 5.92 Å². The second kappa shape index (κ2) is 4.67. The monoisotopic (exact) mass is 242 g/mol. The summed E-state index contributed by atoms with van der Waals surface area (Å²) in [4.78, 5) is 0.868. The predicted octanol–water partition coefficient (Wildman–Crippen LogP) is 4.20. The van der Waals surface area contributed by atoms with E-state index in [-0.39, 0.29) is 0 Å². The second-order valence-electron chi connectivity index (χ2n) is 4.27. The highest BCUT2D eigenvalue weighted by Gasteiger charge is 2.23. The normalized spacial score (nSPS) is 25.5. The maximum Gasteiger partial charge on any atom is 0.138 e. The van der Waals surface area contributed by atoms with E-state index in [4.69, 9.17) is 16.3 Å². The second-order valence-corrected chi connectivity index (χ2v) is 5.20. The number of hydrogen-bond acceptors (Lipinski definition) is 2. The maximum atomic E-state index is 6.07. The van der Waals surface area contributed by atoms with Gasteiger partial charge in [-0.3, -0.25) is 0 Å². The van der Waals surface area contributed by atoms with E-state index in [2.05, 4.69) is 19.6 Å². The van der Waals surface area contributed by atoms with Crippen LogP contribution in [0.1, 0.15) is 26.2 Å². The number of ether oxygens (including phenoxy) is 1. The van der Waals surface area contributed by atoms with Crippen molar-refractivity contribution in [2.24, 2.45) is 5.92 Å². The van der Waals surface area contributed by atoms with Crippen LogP contribution < -0.4 is 4.74 Å². The molecule has 2 rings (SSSR count). The zero-order chi connectivity index (χ0) is 10.8. The van der Waals surface area contributed by atoms with Crippen LogP contribution in [0.15, 0.2) is 23.1 Å². The summed E-state index contributed by atoms with van der Waals surface area (Å²) in [6.45, 7) is 2.27. The molecule has 0 bridgehead atoms. The number of thiol groups is 1. The molecule has 0 N–H and O–H groups in total. The van der Waals surface area contributed by atoms with Gasteiger partial charge in [-0.2, -0.15) is 0 Å². The SMILES string of the molecule is CC1CCC(Oc2ccc(S)cc2Cl)C1. The van der Waals surface area contributed by atoms with E-state index in [1.54, 1.807) is 0 Å². The maximum absolute atomic E-state index is 6.07. The Morgan fingerprint density at radius 2 is 2.20 bits per heavy atom. The zero-order valence-electron chi connectivity index (χ0n) is 8.74. The Morgan fingerprint density at radius 1 is 1.40 bits per heavy atom. The van der Waals surface area contributed by atoms with Crippen LogP contribution in [0.2, 0.25) is 5.02 Å². The van der Waals surface area contributed by atoms with Gasteiger partial charge >= 0.3 is 0 Å². The molecule has 1 fully saturated rings. The van der Waals surface area contributed by atoms with Crippen LogP contribution in [0.3, 0.4) is 0 Å². The van der Waals surface area contributed by atoms with Crippen molar-refractivity contribution in [1.29, 1.82) is 0 Å². The van der Waals surface area contributed by atoms with Gasteiger partial charge in [-0.15, -0.1) is 12.6 Å². The highest BCUT2D eigenvalue weighted by atomic mass is 35.5. The smallest absolute Gasteiger partial charge is 0.138 e. The lowest BCUT2D eigenvalue weighted by Crippen LogP contribution is -2.11. The molecule has 0 heterocycles. The lowest BCUT2D eigenvalue weighted by Gasteiger charge is -2.14. The highest BCUT2D eigenvalue weighted by molar-refractivity contribution is 7.80. The lowest BCUT2D eigenvalue weighted by molar-refractivity contribution is 0.205. The Morgan fingerprint density at radius 3 is 2.80 bits per heavy atom. The van der Waals surface area contributed by atoms with E-state index >= 15 is 0 Å². The third-order valence-corrected chi connectivity index (χ3v) is 3.43. The van der Waals surface area contributed by atoms with Crippen molar-refractivity contribution in [2.75, 3.05) is 0 Å². The van der Waals surface area contributed by atoms with E-state index in [0.29, 0.717) is 11.1 Å². The van der Waals surface area contributed by atoms with Gasteiger partial charge in [0.25, 0.3) is 0 Å². The van der Waals surface area contributed by atoms with E-state index in [9.17, 15) is 0 Å². The van der Waals surface area contributed by atoms with Crippen LogP contribution >= 0.6 is 24.2 Å². The summed E-state index contributed by atoms with van der Waals surface area (Å²) in [6.07, 6.45) is 3.87. The third kappa shape index (κ3) is 2.82. The molecule has 1 aromatic rings. The Bertz CT molecular complexity index is 353. The summed E-state index contributed by atoms with van der Waals surface area (Å²) in [6, 6.07) is 5.62. The van der Waals surface area contributed by atoms with Gasteiger partial charge in [0, 0.05) is 4.90 Å². The van der Waals surface area contributed by atoms with Gasteiger partial charge in [0.05, 0.1) is 11.1 Å². The molecule has 3 heteroatoms. The summed E-state index contributed by atoms with van der Waals surface area (Å²) in [5.74, 6) is 1.56. The highest BCUT2D eigenvalue weighted by Crippen LogP contribution is 2.33. The average Bonchev–Trinajstić information content (AvgIpc) is 2.56. The predicted molar refractivity (Wildman–Crippen MR) is 66.1 cm³/mol. The molecule has 1 aliphatic rings. The van der Waals surface area contributed by atoms with Gasteiger partial charge in [0.2, 0.25) is 0 Å². The Kier molecular flexibility index (Phi) is 3.47. The Labute approximate surface area is 101 Å². The summed E-state index contributed by atoms with van der Waals surface area (Å²) in [7, 11) is 0. The van der Waals surface area contributed by atoms with Crippen LogP contribution in [0.25, 0.3) is 0 Å². The standard InChI is InChI=1S/C12H15ClOS/c1-8-2-3-9(6-8)14-12-5-4-10(15)7-11(12)13/h4-5,7-9,15H,2-3,6H2,1H3. The van der Waals surface area contributed by atoms with Crippen LogP contribution in [-0.4, -0.2) is 6.10 Å². The molecule has 0 spiro atoms. The molecular formula is C12H15ClOS. The summed E-state index contributed by atoms with van der Waals surface area (Å²) in [5.41, 5.74) is 0. The third-order valence-electron chi connectivity index (χ3n) is 2.86. The van der Waals surface area contributed by atoms with Gasteiger partial charge in [-0.05, 0) is 43.4 Å². The minimum atomic E-state index is 0.336. The number of hydrogen-bond donors (Lipinski definition) is 1. The first-order valence-electron chi connectivity index (χ1n) is 5.30. The largest absolute Gasteiger partial charge is 0.489 e. The lowest BCUT2D eigenvalue weighted by atomic mass is 10.1. The van der Waals surface area contributed by atoms with Crippen LogP contribution in [-0.2, 0) is 0 Å². The number of rotatable bonds is 2. The number of halogens is 1. The van der Waals surface area contributed by atoms with Crippen molar-refractivity contribution in [2.45, 2.75) is 37.2 Å². The summed E-state index contributed by atoms with van der Waals surface area (Å²) in [5, 5.41) is 0.655. The Balaban J connectivity index is 2.04. The minimum absolute atomic E-state index is 0.336. The zero-order valence-corrected chi connectivity index (χ0v) is 10.4. The van der Waals surface area contributed by atoms with Crippen molar-refractivity contribution >= 4 is 24.2 Å². The van der Waals surface area contributed by atoms with Gasteiger partial charge in [-0.1, -0.05) is 18.5 Å². The van der Waals surface area contributed by atoms with Crippen molar-refractivity contribution in [1.82, 2.24) is 0 Å². The topological polar surface area (TPSA) is 9.23 Å². The van der Waals surface area contributed by atoms with Crippen LogP contribution in [0.4, 0.5) is 0 Å². The molecule has 0 amide bonds. The molecule has 15 heavy (non-hydrogen) atoms. The van der Waals surface area contributed by atoms with Crippen molar-refractivity contribution in [3.63, 3.8) is 0 Å². The average molecular weight is 243 g/mol. The molecule has 1 aliphatic carbocycles. The molecule has 1 nitrogen and oxygen atoms in total.